The van der Waals surface area contributed by atoms with Crippen LogP contribution in [0.2, 0.25) is 10.0 Å². The quantitative estimate of drug-likeness (QED) is 0.607. The molecule has 0 bridgehead atoms. The fourth-order valence-corrected chi connectivity index (χ4v) is 3.11. The second-order valence-electron chi connectivity index (χ2n) is 5.20. The Balaban J connectivity index is 1.93. The molecule has 25 heavy (non-hydrogen) atoms. The average Bonchev–Trinajstić information content (AvgIpc) is 3.04. The minimum Gasteiger partial charge on any atom is -0.465 e. The average molecular weight is 378 g/mol. The van der Waals surface area contributed by atoms with E-state index in [9.17, 15) is 9.59 Å². The number of halogens is 2. The van der Waals surface area contributed by atoms with Gasteiger partial charge in [-0.25, -0.2) is 9.59 Å². The molecule has 3 rings (SSSR count). The number of methoxy groups -OCH3 is 1. The first-order valence-electron chi connectivity index (χ1n) is 7.31. The van der Waals surface area contributed by atoms with Gasteiger partial charge >= 0.3 is 12.1 Å². The van der Waals surface area contributed by atoms with Crippen molar-refractivity contribution >= 4 is 46.2 Å². The second-order valence-corrected chi connectivity index (χ2v) is 5.98. The summed E-state index contributed by atoms with van der Waals surface area (Å²) in [6.45, 7) is 0.140. The van der Waals surface area contributed by atoms with Gasteiger partial charge in [0.25, 0.3) is 0 Å². The highest BCUT2D eigenvalue weighted by molar-refractivity contribution is 6.43. The van der Waals surface area contributed by atoms with Crippen molar-refractivity contribution in [1.29, 1.82) is 0 Å². The normalized spacial score (nSPS) is 10.7. The molecule has 3 aromatic rings. The first-order chi connectivity index (χ1) is 12.0. The summed E-state index contributed by atoms with van der Waals surface area (Å²) in [6.07, 6.45) is 0.943. The molecule has 0 aliphatic heterocycles. The van der Waals surface area contributed by atoms with Crippen molar-refractivity contribution in [3.63, 3.8) is 0 Å². The number of hydrogen-bond acceptors (Lipinski definition) is 4. The molecular weight excluding hydrogens is 365 g/mol. The second kappa shape index (κ2) is 7.17. The monoisotopic (exact) mass is 377 g/mol. The van der Waals surface area contributed by atoms with Crippen LogP contribution in [0.1, 0.15) is 15.9 Å². The van der Waals surface area contributed by atoms with E-state index in [0.29, 0.717) is 10.9 Å². The molecule has 0 saturated carbocycles. The largest absolute Gasteiger partial charge is 0.465 e. The van der Waals surface area contributed by atoms with E-state index in [1.807, 2.05) is 30.3 Å². The van der Waals surface area contributed by atoms with Gasteiger partial charge in [0.1, 0.15) is 6.61 Å². The summed E-state index contributed by atoms with van der Waals surface area (Å²) in [5, 5.41) is 0.729. The molecule has 7 heteroatoms. The van der Waals surface area contributed by atoms with Gasteiger partial charge in [-0.15, -0.1) is 0 Å². The smallest absolute Gasteiger partial charge is 0.418 e. The summed E-state index contributed by atoms with van der Waals surface area (Å²) in [6, 6.07) is 12.4. The van der Waals surface area contributed by atoms with Crippen LogP contribution >= 0.6 is 23.2 Å². The van der Waals surface area contributed by atoms with Crippen LogP contribution in [0.25, 0.3) is 10.9 Å². The highest BCUT2D eigenvalue weighted by Crippen LogP contribution is 2.34. The predicted molar refractivity (Wildman–Crippen MR) is 95.3 cm³/mol. The van der Waals surface area contributed by atoms with E-state index in [-0.39, 0.29) is 22.2 Å². The number of rotatable bonds is 3. The van der Waals surface area contributed by atoms with Gasteiger partial charge in [-0.3, -0.25) is 4.57 Å². The molecule has 0 spiro atoms. The Kier molecular flexibility index (Phi) is 4.97. The maximum atomic E-state index is 12.4. The van der Waals surface area contributed by atoms with E-state index in [2.05, 4.69) is 4.74 Å². The Morgan fingerprint density at radius 1 is 1.12 bits per heavy atom. The van der Waals surface area contributed by atoms with Crippen LogP contribution in [0.4, 0.5) is 4.79 Å². The fraction of sp³-hybridized carbons (Fsp3) is 0.111. The zero-order valence-corrected chi connectivity index (χ0v) is 14.7. The number of fused-ring (bicyclic) bond motifs is 1. The molecule has 0 aliphatic carbocycles. The molecule has 2 aromatic carbocycles. The van der Waals surface area contributed by atoms with E-state index >= 15 is 0 Å². The molecule has 1 heterocycles. The molecule has 5 nitrogen and oxygen atoms in total. The van der Waals surface area contributed by atoms with Crippen molar-refractivity contribution in [3.8, 4) is 0 Å². The van der Waals surface area contributed by atoms with Crippen molar-refractivity contribution in [2.75, 3.05) is 7.11 Å². The van der Waals surface area contributed by atoms with Crippen molar-refractivity contribution in [3.05, 3.63) is 69.8 Å². The number of ether oxygens (including phenoxy) is 2. The molecule has 0 atom stereocenters. The SMILES string of the molecule is COC(=O)c1c(Cl)cc2c(ccn2C(=O)OCc2ccccc2)c1Cl. The van der Waals surface area contributed by atoms with Crippen molar-refractivity contribution in [1.82, 2.24) is 4.57 Å². The summed E-state index contributed by atoms with van der Waals surface area (Å²) >= 11 is 12.4. The Morgan fingerprint density at radius 3 is 2.52 bits per heavy atom. The molecule has 128 valence electrons. The van der Waals surface area contributed by atoms with Crippen molar-refractivity contribution in [2.24, 2.45) is 0 Å². The first-order valence-corrected chi connectivity index (χ1v) is 8.07. The lowest BCUT2D eigenvalue weighted by molar-refractivity contribution is 0.0601. The van der Waals surface area contributed by atoms with E-state index in [1.54, 1.807) is 6.07 Å². The van der Waals surface area contributed by atoms with Crippen LogP contribution in [0, 0.1) is 0 Å². The first kappa shape index (κ1) is 17.3. The molecule has 0 N–H and O–H groups in total. The third kappa shape index (κ3) is 3.34. The van der Waals surface area contributed by atoms with Gasteiger partial charge in [-0.05, 0) is 17.7 Å². The predicted octanol–water partition coefficient (Wildman–Crippen LogP) is 4.92. The lowest BCUT2D eigenvalue weighted by Gasteiger charge is -2.09. The minimum absolute atomic E-state index is 0.0636. The van der Waals surface area contributed by atoms with Gasteiger partial charge in [0.2, 0.25) is 0 Å². The van der Waals surface area contributed by atoms with Crippen molar-refractivity contribution < 1.29 is 19.1 Å². The van der Waals surface area contributed by atoms with Gasteiger partial charge in [0.15, 0.2) is 0 Å². The summed E-state index contributed by atoms with van der Waals surface area (Å²) in [4.78, 5) is 24.2. The topological polar surface area (TPSA) is 57.5 Å². The number of carbonyl (C=O) groups is 2. The lowest BCUT2D eigenvalue weighted by Crippen LogP contribution is -2.12. The molecule has 0 fully saturated rings. The number of esters is 1. The van der Waals surface area contributed by atoms with Crippen LogP contribution in [0.3, 0.4) is 0 Å². The minimum atomic E-state index is -0.642. The molecule has 1 aromatic heterocycles. The Labute approximate surface area is 153 Å². The van der Waals surface area contributed by atoms with E-state index < -0.39 is 12.1 Å². The number of aromatic nitrogens is 1. The van der Waals surface area contributed by atoms with Crippen LogP contribution < -0.4 is 0 Å². The number of carbonyl (C=O) groups excluding carboxylic acids is 2. The van der Waals surface area contributed by atoms with Crippen LogP contribution in [-0.2, 0) is 16.1 Å². The Morgan fingerprint density at radius 2 is 1.84 bits per heavy atom. The van der Waals surface area contributed by atoms with Gasteiger partial charge in [-0.2, -0.15) is 0 Å². The van der Waals surface area contributed by atoms with Crippen LogP contribution in [0.5, 0.6) is 0 Å². The molecule has 0 radical (unpaired) electrons. The standard InChI is InChI=1S/C18H13Cl2NO4/c1-24-17(22)15-13(19)9-14-12(16(15)20)7-8-21(14)18(23)25-10-11-5-3-2-4-6-11/h2-9H,10H2,1H3. The maximum Gasteiger partial charge on any atom is 0.418 e. The lowest BCUT2D eigenvalue weighted by atomic mass is 10.1. The number of nitrogens with zero attached hydrogens (tertiary/aromatic N) is 1. The highest BCUT2D eigenvalue weighted by atomic mass is 35.5. The van der Waals surface area contributed by atoms with E-state index in [4.69, 9.17) is 27.9 Å². The van der Waals surface area contributed by atoms with Gasteiger partial charge in [-0.1, -0.05) is 53.5 Å². The maximum absolute atomic E-state index is 12.4. The Hall–Kier alpha value is -2.50. The Bertz CT molecular complexity index is 951. The zero-order chi connectivity index (χ0) is 18.0. The zero-order valence-electron chi connectivity index (χ0n) is 13.2. The molecule has 0 amide bonds. The molecule has 0 saturated heterocycles. The highest BCUT2D eigenvalue weighted by Gasteiger charge is 2.21. The van der Waals surface area contributed by atoms with Crippen LogP contribution in [0.15, 0.2) is 48.7 Å². The van der Waals surface area contributed by atoms with Gasteiger partial charge in [0, 0.05) is 11.6 Å². The summed E-state index contributed by atoms with van der Waals surface area (Å²) < 4.78 is 11.3. The van der Waals surface area contributed by atoms with Crippen molar-refractivity contribution in [2.45, 2.75) is 6.61 Å². The third-order valence-corrected chi connectivity index (χ3v) is 4.37. The van der Waals surface area contributed by atoms with Gasteiger partial charge < -0.3 is 9.47 Å². The number of hydrogen-bond donors (Lipinski definition) is 0. The fourth-order valence-electron chi connectivity index (χ4n) is 2.45. The number of benzene rings is 2. The van der Waals surface area contributed by atoms with E-state index in [0.717, 1.165) is 5.56 Å². The van der Waals surface area contributed by atoms with Gasteiger partial charge in [0.05, 0.1) is 28.2 Å². The molecule has 0 aliphatic rings. The van der Waals surface area contributed by atoms with Crippen LogP contribution in [-0.4, -0.2) is 23.7 Å². The third-order valence-electron chi connectivity index (χ3n) is 3.68. The summed E-state index contributed by atoms with van der Waals surface area (Å²) in [7, 11) is 1.24. The van der Waals surface area contributed by atoms with E-state index in [1.165, 1.54) is 23.9 Å². The molecular formula is C18H13Cl2NO4. The summed E-state index contributed by atoms with van der Waals surface area (Å²) in [5.41, 5.74) is 1.38. The summed E-state index contributed by atoms with van der Waals surface area (Å²) in [5.74, 6) is -0.642. The molecule has 0 unspecified atom stereocenters.